The number of esters is 1. The molecule has 0 aliphatic rings. The van der Waals surface area contributed by atoms with E-state index in [1.54, 1.807) is 27.1 Å². The van der Waals surface area contributed by atoms with Crippen molar-refractivity contribution in [3.63, 3.8) is 0 Å². The van der Waals surface area contributed by atoms with Crippen LogP contribution in [-0.4, -0.2) is 37.4 Å². The van der Waals surface area contributed by atoms with Crippen molar-refractivity contribution in [1.82, 2.24) is 4.90 Å². The molecule has 0 saturated heterocycles. The molecule has 0 amide bonds. The van der Waals surface area contributed by atoms with Crippen LogP contribution in [0.1, 0.15) is 22.8 Å². The van der Waals surface area contributed by atoms with Crippen LogP contribution in [0.4, 0.5) is 4.39 Å². The van der Waals surface area contributed by atoms with Crippen molar-refractivity contribution in [2.75, 3.05) is 20.7 Å². The maximum atomic E-state index is 13.8. The third-order valence-corrected chi connectivity index (χ3v) is 3.40. The summed E-state index contributed by atoms with van der Waals surface area (Å²) in [4.78, 5) is 25.9. The number of carbonyl (C=O) groups is 2. The largest absolute Gasteiger partial charge is 0.462 e. The van der Waals surface area contributed by atoms with Crippen LogP contribution in [0.15, 0.2) is 17.8 Å². The van der Waals surface area contributed by atoms with Crippen LogP contribution in [0, 0.1) is 17.1 Å². The standard InChI is InChI=1S/C15H13Cl2FN2O3/c1-4-23-15(22)10(7-20(2)3)14(21)8-5-11(18)13(17)9(6-19)12(8)16/h5,7H,4H2,1-3H3. The minimum atomic E-state index is -0.982. The van der Waals surface area contributed by atoms with Crippen LogP contribution in [0.25, 0.3) is 0 Å². The first-order valence-electron chi connectivity index (χ1n) is 6.42. The summed E-state index contributed by atoms with van der Waals surface area (Å²) in [5.41, 5.74) is -1.06. The van der Waals surface area contributed by atoms with Crippen molar-refractivity contribution in [1.29, 1.82) is 5.26 Å². The summed E-state index contributed by atoms with van der Waals surface area (Å²) in [6.45, 7) is 1.64. The summed E-state index contributed by atoms with van der Waals surface area (Å²) in [5.74, 6) is -2.73. The second kappa shape index (κ2) is 7.95. The molecule has 0 saturated carbocycles. The Hall–Kier alpha value is -2.10. The number of Topliss-reactive ketones (excluding diaryl/α,β-unsaturated/α-hetero) is 1. The molecule has 0 bridgehead atoms. The highest BCUT2D eigenvalue weighted by Crippen LogP contribution is 2.31. The van der Waals surface area contributed by atoms with Gasteiger partial charge in [0, 0.05) is 25.9 Å². The Labute approximate surface area is 142 Å². The Morgan fingerprint density at radius 1 is 1.39 bits per heavy atom. The zero-order valence-corrected chi connectivity index (χ0v) is 14.1. The van der Waals surface area contributed by atoms with Gasteiger partial charge in [-0.05, 0) is 13.0 Å². The molecule has 23 heavy (non-hydrogen) atoms. The van der Waals surface area contributed by atoms with Gasteiger partial charge in [0.2, 0.25) is 5.78 Å². The Morgan fingerprint density at radius 2 is 2.00 bits per heavy atom. The van der Waals surface area contributed by atoms with Gasteiger partial charge in [0.25, 0.3) is 0 Å². The van der Waals surface area contributed by atoms with Crippen LogP contribution in [0.5, 0.6) is 0 Å². The monoisotopic (exact) mass is 358 g/mol. The first kappa shape index (κ1) is 18.9. The number of nitrogens with zero attached hydrogens (tertiary/aromatic N) is 2. The molecule has 8 heteroatoms. The van der Waals surface area contributed by atoms with E-state index in [1.807, 2.05) is 0 Å². The lowest BCUT2D eigenvalue weighted by Crippen LogP contribution is -2.20. The maximum Gasteiger partial charge on any atom is 0.343 e. The number of carbonyl (C=O) groups excluding carboxylic acids is 2. The van der Waals surface area contributed by atoms with Crippen molar-refractivity contribution >= 4 is 35.0 Å². The lowest BCUT2D eigenvalue weighted by molar-refractivity contribution is -0.138. The van der Waals surface area contributed by atoms with Gasteiger partial charge in [-0.1, -0.05) is 23.2 Å². The highest BCUT2D eigenvalue weighted by molar-refractivity contribution is 6.40. The van der Waals surface area contributed by atoms with E-state index in [9.17, 15) is 14.0 Å². The predicted molar refractivity (Wildman–Crippen MR) is 83.9 cm³/mol. The molecule has 1 aromatic rings. The van der Waals surface area contributed by atoms with Gasteiger partial charge in [-0.2, -0.15) is 5.26 Å². The van der Waals surface area contributed by atoms with E-state index in [1.165, 1.54) is 11.1 Å². The van der Waals surface area contributed by atoms with Crippen LogP contribution >= 0.6 is 23.2 Å². The van der Waals surface area contributed by atoms with Crippen molar-refractivity contribution in [2.24, 2.45) is 0 Å². The first-order valence-corrected chi connectivity index (χ1v) is 7.17. The summed E-state index contributed by atoms with van der Waals surface area (Å²) in [6.07, 6.45) is 1.23. The van der Waals surface area contributed by atoms with Gasteiger partial charge < -0.3 is 9.64 Å². The van der Waals surface area contributed by atoms with Crippen molar-refractivity contribution < 1.29 is 18.7 Å². The number of ether oxygens (including phenoxy) is 1. The van der Waals surface area contributed by atoms with Crippen LogP contribution in [0.3, 0.4) is 0 Å². The molecule has 1 aromatic carbocycles. The van der Waals surface area contributed by atoms with Crippen molar-refractivity contribution in [3.05, 3.63) is 44.8 Å². The molecular weight excluding hydrogens is 346 g/mol. The van der Waals surface area contributed by atoms with Gasteiger partial charge in [0.15, 0.2) is 0 Å². The average molecular weight is 359 g/mol. The molecule has 0 aromatic heterocycles. The molecule has 0 aliphatic heterocycles. The highest BCUT2D eigenvalue weighted by Gasteiger charge is 2.27. The number of nitriles is 1. The second-order valence-corrected chi connectivity index (χ2v) is 5.33. The molecule has 122 valence electrons. The molecule has 0 fully saturated rings. The topological polar surface area (TPSA) is 70.4 Å². The van der Waals surface area contributed by atoms with Gasteiger partial charge >= 0.3 is 5.97 Å². The number of benzene rings is 1. The van der Waals surface area contributed by atoms with Crippen LogP contribution in [-0.2, 0) is 9.53 Å². The van der Waals surface area contributed by atoms with Crippen molar-refractivity contribution in [3.8, 4) is 6.07 Å². The van der Waals surface area contributed by atoms with Crippen LogP contribution < -0.4 is 0 Å². The third kappa shape index (κ3) is 4.21. The molecule has 0 N–H and O–H groups in total. The lowest BCUT2D eigenvalue weighted by Gasteiger charge is -2.12. The van der Waals surface area contributed by atoms with E-state index in [0.29, 0.717) is 0 Å². The normalized spacial score (nSPS) is 10.9. The lowest BCUT2D eigenvalue weighted by atomic mass is 10.0. The Bertz CT molecular complexity index is 724. The van der Waals surface area contributed by atoms with Crippen LogP contribution in [0.2, 0.25) is 10.0 Å². The van der Waals surface area contributed by atoms with Gasteiger partial charge in [-0.15, -0.1) is 0 Å². The van der Waals surface area contributed by atoms with E-state index in [-0.39, 0.29) is 28.3 Å². The summed E-state index contributed by atoms with van der Waals surface area (Å²) in [5, 5.41) is 8.19. The molecule has 5 nitrogen and oxygen atoms in total. The van der Waals surface area contributed by atoms with E-state index in [4.69, 9.17) is 33.2 Å². The Balaban J connectivity index is 3.50. The fourth-order valence-electron chi connectivity index (χ4n) is 1.68. The Kier molecular flexibility index (Phi) is 6.55. The van der Waals surface area contributed by atoms with Gasteiger partial charge in [-0.25, -0.2) is 9.18 Å². The zero-order valence-electron chi connectivity index (χ0n) is 12.6. The highest BCUT2D eigenvalue weighted by atomic mass is 35.5. The fraction of sp³-hybridized carbons (Fsp3) is 0.267. The van der Waals surface area contributed by atoms with Gasteiger partial charge in [0.1, 0.15) is 17.5 Å². The average Bonchev–Trinajstić information content (AvgIpc) is 2.48. The summed E-state index contributed by atoms with van der Waals surface area (Å²) in [6, 6.07) is 2.42. The van der Waals surface area contributed by atoms with Gasteiger partial charge in [0.05, 0.1) is 22.2 Å². The predicted octanol–water partition coefficient (Wildman–Crippen LogP) is 3.20. The van der Waals surface area contributed by atoms with E-state index in [2.05, 4.69) is 0 Å². The van der Waals surface area contributed by atoms with Crippen molar-refractivity contribution in [2.45, 2.75) is 6.92 Å². The molecule has 0 aliphatic carbocycles. The number of hydrogen-bond donors (Lipinski definition) is 0. The SMILES string of the molecule is CCOC(=O)C(=CN(C)C)C(=O)c1cc(F)c(Cl)c(C#N)c1Cl. The smallest absolute Gasteiger partial charge is 0.343 e. The summed E-state index contributed by atoms with van der Waals surface area (Å²) >= 11 is 11.6. The number of halogens is 3. The van der Waals surface area contributed by atoms with Gasteiger partial charge in [-0.3, -0.25) is 4.79 Å². The number of ketones is 1. The minimum Gasteiger partial charge on any atom is -0.462 e. The summed E-state index contributed by atoms with van der Waals surface area (Å²) in [7, 11) is 3.19. The molecular formula is C15H13Cl2FN2O3. The molecule has 0 atom stereocenters. The number of hydrogen-bond acceptors (Lipinski definition) is 5. The Morgan fingerprint density at radius 3 is 2.48 bits per heavy atom. The number of rotatable bonds is 5. The van der Waals surface area contributed by atoms with E-state index < -0.39 is 22.6 Å². The van der Waals surface area contributed by atoms with E-state index in [0.717, 1.165) is 6.07 Å². The van der Waals surface area contributed by atoms with E-state index >= 15 is 0 Å². The maximum absolute atomic E-state index is 13.8. The minimum absolute atomic E-state index is 0.0586. The fourth-order valence-corrected chi connectivity index (χ4v) is 2.20. The zero-order chi connectivity index (χ0) is 17.7. The molecule has 0 radical (unpaired) electrons. The first-order chi connectivity index (χ1) is 10.7. The molecule has 1 rings (SSSR count). The molecule has 0 spiro atoms. The quantitative estimate of drug-likeness (QED) is 0.202. The third-order valence-electron chi connectivity index (χ3n) is 2.64. The summed E-state index contributed by atoms with van der Waals surface area (Å²) < 4.78 is 18.6. The second-order valence-electron chi connectivity index (χ2n) is 4.58. The molecule has 0 unspecified atom stereocenters. The molecule has 0 heterocycles.